The second-order valence-electron chi connectivity index (χ2n) is 4.39. The van der Waals surface area contributed by atoms with E-state index in [0.717, 1.165) is 0 Å². The molecule has 6 nitrogen and oxygen atoms in total. The van der Waals surface area contributed by atoms with Crippen LogP contribution in [0.1, 0.15) is 20.8 Å². The summed E-state index contributed by atoms with van der Waals surface area (Å²) >= 11 is 0. The molecule has 0 spiro atoms. The van der Waals surface area contributed by atoms with E-state index in [1.165, 1.54) is 13.0 Å². The highest BCUT2D eigenvalue weighted by Gasteiger charge is 2.17. The summed E-state index contributed by atoms with van der Waals surface area (Å²) in [6.45, 7) is 5.58. The predicted octanol–water partition coefficient (Wildman–Crippen LogP) is 0.637. The van der Waals surface area contributed by atoms with Crippen LogP contribution in [0.4, 0.5) is 0 Å². The summed E-state index contributed by atoms with van der Waals surface area (Å²) in [6.07, 6.45) is 0.903. The zero-order chi connectivity index (χ0) is 13.6. The van der Waals surface area contributed by atoms with Crippen molar-refractivity contribution in [1.29, 1.82) is 0 Å². The zero-order valence-electron chi connectivity index (χ0n) is 10.3. The lowest BCUT2D eigenvalue weighted by molar-refractivity contribution is -0.145. The molecule has 1 atom stereocenters. The van der Waals surface area contributed by atoms with E-state index in [9.17, 15) is 9.36 Å². The van der Waals surface area contributed by atoms with E-state index in [4.69, 9.17) is 20.3 Å². The maximum absolute atomic E-state index is 11.4. The summed E-state index contributed by atoms with van der Waals surface area (Å²) in [5, 5.41) is 0. The molecule has 0 radical (unpaired) electrons. The summed E-state index contributed by atoms with van der Waals surface area (Å²) in [5.74, 6) is -0.380. The van der Waals surface area contributed by atoms with E-state index in [-0.39, 0.29) is 12.5 Å². The highest BCUT2D eigenvalue weighted by molar-refractivity contribution is 7.52. The van der Waals surface area contributed by atoms with Crippen molar-refractivity contribution in [3.63, 3.8) is 0 Å². The highest BCUT2D eigenvalue weighted by atomic mass is 31.2. The molecule has 100 valence electrons. The Labute approximate surface area is 101 Å². The van der Waals surface area contributed by atoms with Gasteiger partial charge in [0.1, 0.15) is 6.04 Å². The molecule has 0 aliphatic rings. The Morgan fingerprint density at radius 3 is 2.41 bits per heavy atom. The summed E-state index contributed by atoms with van der Waals surface area (Å²) in [5.41, 5.74) is 5.89. The molecule has 0 aromatic carbocycles. The Morgan fingerprint density at radius 2 is 2.00 bits per heavy atom. The van der Waals surface area contributed by atoms with Gasteiger partial charge in [0.15, 0.2) is 0 Å². The molecule has 0 saturated heterocycles. The van der Waals surface area contributed by atoms with Crippen molar-refractivity contribution in [3.05, 3.63) is 11.6 Å². The minimum absolute atomic E-state index is 0.214. The number of carbonyl (C=O) groups is 1. The fraction of sp³-hybridized carbons (Fsp3) is 0.700. The maximum Gasteiger partial charge on any atom is 0.329 e. The number of hydrogen-bond acceptors (Lipinski definition) is 4. The first-order valence-electron chi connectivity index (χ1n) is 5.26. The van der Waals surface area contributed by atoms with E-state index < -0.39 is 25.8 Å². The van der Waals surface area contributed by atoms with Crippen LogP contribution in [0.25, 0.3) is 0 Å². The smallest absolute Gasteiger partial charge is 0.329 e. The van der Waals surface area contributed by atoms with Gasteiger partial charge >= 0.3 is 13.6 Å². The summed E-state index contributed by atoms with van der Waals surface area (Å²) < 4.78 is 15.6. The molecule has 0 aromatic rings. The second-order valence-corrected chi connectivity index (χ2v) is 6.03. The third-order valence-corrected chi connectivity index (χ3v) is 2.66. The van der Waals surface area contributed by atoms with Gasteiger partial charge in [0.05, 0.1) is 12.8 Å². The van der Waals surface area contributed by atoms with Crippen LogP contribution in [0.15, 0.2) is 11.6 Å². The molecule has 4 N–H and O–H groups in total. The average molecular weight is 265 g/mol. The standard InChI is InChI=1S/C10H20NO5P/c1-7(2)5-16-10(12)9(11)4-8(3)6-17(13,14)15/h4,7,9H,5-6,11H2,1-3H3,(H2,13,14,15)/b8-4+. The molecular weight excluding hydrogens is 245 g/mol. The lowest BCUT2D eigenvalue weighted by Crippen LogP contribution is -2.31. The van der Waals surface area contributed by atoms with Gasteiger partial charge in [0.25, 0.3) is 0 Å². The van der Waals surface area contributed by atoms with Crippen LogP contribution in [-0.2, 0) is 14.1 Å². The molecule has 0 heterocycles. The quantitative estimate of drug-likeness (QED) is 0.369. The summed E-state index contributed by atoms with van der Waals surface area (Å²) in [4.78, 5) is 28.8. The van der Waals surface area contributed by atoms with E-state index in [1.807, 2.05) is 13.8 Å². The van der Waals surface area contributed by atoms with Crippen molar-refractivity contribution in [1.82, 2.24) is 0 Å². The van der Waals surface area contributed by atoms with Gasteiger partial charge < -0.3 is 20.3 Å². The van der Waals surface area contributed by atoms with Crippen LogP contribution in [0, 0.1) is 5.92 Å². The number of rotatable bonds is 6. The van der Waals surface area contributed by atoms with Gasteiger partial charge in [0, 0.05) is 0 Å². The van der Waals surface area contributed by atoms with Crippen LogP contribution in [-0.4, -0.2) is 34.6 Å². The number of ether oxygens (including phenoxy) is 1. The van der Waals surface area contributed by atoms with Crippen molar-refractivity contribution in [2.75, 3.05) is 12.8 Å². The predicted molar refractivity (Wildman–Crippen MR) is 64.4 cm³/mol. The Hall–Kier alpha value is -0.680. The molecule has 7 heteroatoms. The fourth-order valence-corrected chi connectivity index (χ4v) is 1.85. The molecule has 1 unspecified atom stereocenters. The minimum Gasteiger partial charge on any atom is -0.464 e. The van der Waals surface area contributed by atoms with Crippen LogP contribution in [0.5, 0.6) is 0 Å². The van der Waals surface area contributed by atoms with E-state index in [1.54, 1.807) is 0 Å². The molecule has 0 amide bonds. The minimum atomic E-state index is -4.12. The first kappa shape index (κ1) is 16.3. The lowest BCUT2D eigenvalue weighted by atomic mass is 10.2. The van der Waals surface area contributed by atoms with Gasteiger partial charge in [-0.2, -0.15) is 0 Å². The van der Waals surface area contributed by atoms with Gasteiger partial charge in [-0.25, -0.2) is 0 Å². The topological polar surface area (TPSA) is 110 Å². The number of carbonyl (C=O) groups excluding carboxylic acids is 1. The van der Waals surface area contributed by atoms with Crippen molar-refractivity contribution in [3.8, 4) is 0 Å². The Bertz CT molecular complexity index is 334. The average Bonchev–Trinajstić information content (AvgIpc) is 2.10. The van der Waals surface area contributed by atoms with Crippen LogP contribution in [0.3, 0.4) is 0 Å². The third-order valence-electron chi connectivity index (χ3n) is 1.75. The Morgan fingerprint density at radius 1 is 1.47 bits per heavy atom. The molecule has 0 fully saturated rings. The van der Waals surface area contributed by atoms with E-state index >= 15 is 0 Å². The first-order chi connectivity index (χ1) is 7.61. The fourth-order valence-electron chi connectivity index (χ4n) is 1.10. The molecule has 0 bridgehead atoms. The number of nitrogens with two attached hydrogens (primary N) is 1. The summed E-state index contributed by atoms with van der Waals surface area (Å²) in [6, 6.07) is -0.986. The number of allylic oxidation sites excluding steroid dienone is 1. The van der Waals surface area contributed by atoms with Crippen LogP contribution < -0.4 is 5.73 Å². The first-order valence-corrected chi connectivity index (χ1v) is 7.05. The molecule has 0 aliphatic heterocycles. The van der Waals surface area contributed by atoms with Gasteiger partial charge in [0.2, 0.25) is 0 Å². The Kier molecular flexibility index (Phi) is 6.64. The van der Waals surface area contributed by atoms with Crippen molar-refractivity contribution >= 4 is 13.6 Å². The molecule has 0 saturated carbocycles. The van der Waals surface area contributed by atoms with Gasteiger partial charge in [-0.3, -0.25) is 9.36 Å². The van der Waals surface area contributed by atoms with Crippen LogP contribution in [0.2, 0.25) is 0 Å². The van der Waals surface area contributed by atoms with E-state index in [2.05, 4.69) is 0 Å². The lowest BCUT2D eigenvalue weighted by Gasteiger charge is -2.11. The third kappa shape index (κ3) is 9.06. The number of esters is 1. The molecule has 17 heavy (non-hydrogen) atoms. The van der Waals surface area contributed by atoms with Crippen molar-refractivity contribution < 1.29 is 23.9 Å². The van der Waals surface area contributed by atoms with Gasteiger partial charge in [-0.05, 0) is 12.8 Å². The molecule has 0 rings (SSSR count). The van der Waals surface area contributed by atoms with Crippen molar-refractivity contribution in [2.45, 2.75) is 26.8 Å². The maximum atomic E-state index is 11.4. The van der Waals surface area contributed by atoms with Gasteiger partial charge in [-0.1, -0.05) is 25.5 Å². The number of hydrogen-bond donors (Lipinski definition) is 3. The normalized spacial score (nSPS) is 14.9. The van der Waals surface area contributed by atoms with E-state index in [0.29, 0.717) is 5.57 Å². The SMILES string of the molecule is C/C(=C\C(N)C(=O)OCC(C)C)CP(=O)(O)O. The highest BCUT2D eigenvalue weighted by Crippen LogP contribution is 2.36. The monoisotopic (exact) mass is 265 g/mol. The second kappa shape index (κ2) is 6.91. The zero-order valence-corrected chi connectivity index (χ0v) is 11.2. The largest absolute Gasteiger partial charge is 0.464 e. The summed E-state index contributed by atoms with van der Waals surface area (Å²) in [7, 11) is -4.12. The Balaban J connectivity index is 4.31. The van der Waals surface area contributed by atoms with Crippen molar-refractivity contribution in [2.24, 2.45) is 11.7 Å². The van der Waals surface area contributed by atoms with Gasteiger partial charge in [-0.15, -0.1) is 0 Å². The molecular formula is C10H20NO5P. The van der Waals surface area contributed by atoms with Crippen LogP contribution >= 0.6 is 7.60 Å². The molecule has 0 aliphatic carbocycles. The molecule has 0 aromatic heterocycles.